The minimum absolute atomic E-state index is 0.159. The highest BCUT2D eigenvalue weighted by atomic mass is 19.2. The van der Waals surface area contributed by atoms with Crippen molar-refractivity contribution >= 4 is 11.8 Å². The first kappa shape index (κ1) is 18.3. The third-order valence-electron chi connectivity index (χ3n) is 4.07. The number of rotatable bonds is 5. The molecule has 2 atom stereocenters. The first-order chi connectivity index (χ1) is 11.4. The molecule has 0 aliphatic carbocycles. The lowest BCUT2D eigenvalue weighted by Gasteiger charge is -2.34. The van der Waals surface area contributed by atoms with Gasteiger partial charge < -0.3 is 15.0 Å². The van der Waals surface area contributed by atoms with Gasteiger partial charge in [-0.25, -0.2) is 8.78 Å². The molecule has 0 radical (unpaired) electrons. The van der Waals surface area contributed by atoms with Gasteiger partial charge in [-0.15, -0.1) is 0 Å². The molecule has 132 valence electrons. The molecule has 1 aliphatic rings. The molecule has 1 heterocycles. The van der Waals surface area contributed by atoms with E-state index in [1.54, 1.807) is 0 Å². The van der Waals surface area contributed by atoms with Crippen LogP contribution >= 0.6 is 0 Å². The van der Waals surface area contributed by atoms with E-state index in [4.69, 9.17) is 4.74 Å². The van der Waals surface area contributed by atoms with Gasteiger partial charge >= 0.3 is 0 Å². The number of nitrogens with one attached hydrogen (secondary N) is 1. The van der Waals surface area contributed by atoms with Gasteiger partial charge in [0.25, 0.3) is 0 Å². The molecule has 0 unspecified atom stereocenters. The Morgan fingerprint density at radius 2 is 2.12 bits per heavy atom. The van der Waals surface area contributed by atoms with E-state index in [2.05, 4.69) is 5.32 Å². The van der Waals surface area contributed by atoms with Crippen molar-refractivity contribution in [1.29, 1.82) is 0 Å². The first-order valence-electron chi connectivity index (χ1n) is 7.97. The summed E-state index contributed by atoms with van der Waals surface area (Å²) in [4.78, 5) is 25.4. The van der Waals surface area contributed by atoms with E-state index in [0.29, 0.717) is 31.6 Å². The number of hydrogen-bond donors (Lipinski definition) is 1. The molecule has 0 bridgehead atoms. The Hall–Kier alpha value is -2.02. The molecule has 0 saturated carbocycles. The minimum atomic E-state index is -0.874. The maximum atomic E-state index is 13.2. The Morgan fingerprint density at radius 1 is 1.38 bits per heavy atom. The van der Waals surface area contributed by atoms with Crippen LogP contribution in [0.4, 0.5) is 8.78 Å². The van der Waals surface area contributed by atoms with Crippen molar-refractivity contribution < 1.29 is 23.1 Å². The van der Waals surface area contributed by atoms with Crippen molar-refractivity contribution in [2.75, 3.05) is 19.8 Å². The van der Waals surface area contributed by atoms with Crippen molar-refractivity contribution in [2.45, 2.75) is 38.8 Å². The van der Waals surface area contributed by atoms with Gasteiger partial charge in [-0.2, -0.15) is 0 Å². The summed E-state index contributed by atoms with van der Waals surface area (Å²) in [5, 5.41) is 2.85. The number of hydrogen-bond acceptors (Lipinski definition) is 3. The quantitative estimate of drug-likeness (QED) is 0.887. The summed E-state index contributed by atoms with van der Waals surface area (Å²) in [6, 6.07) is 3.00. The van der Waals surface area contributed by atoms with Crippen LogP contribution in [0.5, 0.6) is 0 Å². The normalized spacial score (nSPS) is 19.0. The zero-order valence-corrected chi connectivity index (χ0v) is 13.9. The molecular weight excluding hydrogens is 318 g/mol. The number of amides is 2. The summed E-state index contributed by atoms with van der Waals surface area (Å²) in [5.74, 6) is -2.17. The molecule has 0 spiro atoms. The van der Waals surface area contributed by atoms with Crippen molar-refractivity contribution in [3.8, 4) is 0 Å². The number of carbonyl (C=O) groups is 2. The summed E-state index contributed by atoms with van der Waals surface area (Å²) >= 11 is 0. The second-order valence-corrected chi connectivity index (χ2v) is 6.00. The number of morpholine rings is 1. The van der Waals surface area contributed by atoms with Crippen LogP contribution in [0.25, 0.3) is 0 Å². The lowest BCUT2D eigenvalue weighted by Crippen LogP contribution is -2.56. The summed E-state index contributed by atoms with van der Waals surface area (Å²) in [5.41, 5.74) is 0.668. The SMILES string of the molecule is CC(=O)N1CCOC[C@H]1C(=O)N[C@@H](C)CCc1ccc(F)c(F)c1. The minimum Gasteiger partial charge on any atom is -0.377 e. The van der Waals surface area contributed by atoms with Crippen molar-refractivity contribution in [1.82, 2.24) is 10.2 Å². The van der Waals surface area contributed by atoms with Gasteiger partial charge in [-0.05, 0) is 37.5 Å². The molecule has 1 aromatic rings. The Labute approximate surface area is 140 Å². The zero-order valence-electron chi connectivity index (χ0n) is 13.9. The predicted molar refractivity (Wildman–Crippen MR) is 84.3 cm³/mol. The van der Waals surface area contributed by atoms with Gasteiger partial charge in [0.1, 0.15) is 6.04 Å². The van der Waals surface area contributed by atoms with E-state index in [1.807, 2.05) is 6.92 Å². The van der Waals surface area contributed by atoms with Crippen LogP contribution in [-0.2, 0) is 20.7 Å². The molecule has 5 nitrogen and oxygen atoms in total. The first-order valence-corrected chi connectivity index (χ1v) is 7.97. The number of aryl methyl sites for hydroxylation is 1. The molecule has 1 fully saturated rings. The van der Waals surface area contributed by atoms with E-state index in [9.17, 15) is 18.4 Å². The molecule has 1 aliphatic heterocycles. The highest BCUT2D eigenvalue weighted by Gasteiger charge is 2.31. The van der Waals surface area contributed by atoms with Crippen molar-refractivity contribution in [2.24, 2.45) is 0 Å². The van der Waals surface area contributed by atoms with Crippen LogP contribution in [0.3, 0.4) is 0 Å². The second kappa shape index (κ2) is 8.19. The molecular formula is C17H22F2N2O3. The lowest BCUT2D eigenvalue weighted by atomic mass is 10.1. The molecule has 0 aromatic heterocycles. The fraction of sp³-hybridized carbons (Fsp3) is 0.529. The van der Waals surface area contributed by atoms with Crippen molar-refractivity contribution in [3.05, 3.63) is 35.4 Å². The van der Waals surface area contributed by atoms with Crippen LogP contribution in [0.2, 0.25) is 0 Å². The van der Waals surface area contributed by atoms with E-state index < -0.39 is 17.7 Å². The van der Waals surface area contributed by atoms with Crippen LogP contribution < -0.4 is 5.32 Å². The van der Waals surface area contributed by atoms with E-state index in [-0.39, 0.29) is 24.5 Å². The molecule has 1 N–H and O–H groups in total. The van der Waals surface area contributed by atoms with Crippen LogP contribution in [0.15, 0.2) is 18.2 Å². The largest absolute Gasteiger partial charge is 0.377 e. The smallest absolute Gasteiger partial charge is 0.245 e. The van der Waals surface area contributed by atoms with Crippen LogP contribution in [0, 0.1) is 11.6 Å². The average Bonchev–Trinajstić information content (AvgIpc) is 2.55. The third kappa shape index (κ3) is 4.74. The number of nitrogens with zero attached hydrogens (tertiary/aromatic N) is 1. The Kier molecular flexibility index (Phi) is 6.25. The van der Waals surface area contributed by atoms with Crippen LogP contribution in [0.1, 0.15) is 25.8 Å². The second-order valence-electron chi connectivity index (χ2n) is 6.00. The molecule has 1 aromatic carbocycles. The Balaban J connectivity index is 1.86. The van der Waals surface area contributed by atoms with Gasteiger partial charge in [0.2, 0.25) is 11.8 Å². The molecule has 1 saturated heterocycles. The third-order valence-corrected chi connectivity index (χ3v) is 4.07. The highest BCUT2D eigenvalue weighted by Crippen LogP contribution is 2.12. The maximum Gasteiger partial charge on any atom is 0.245 e. The van der Waals surface area contributed by atoms with Gasteiger partial charge in [0, 0.05) is 19.5 Å². The Bertz CT molecular complexity index is 609. The van der Waals surface area contributed by atoms with Gasteiger partial charge in [0.05, 0.1) is 13.2 Å². The number of ether oxygens (including phenoxy) is 1. The van der Waals surface area contributed by atoms with Crippen molar-refractivity contribution in [3.63, 3.8) is 0 Å². The predicted octanol–water partition coefficient (Wildman–Crippen LogP) is 1.65. The van der Waals surface area contributed by atoms with Crippen LogP contribution in [-0.4, -0.2) is 48.6 Å². The Morgan fingerprint density at radius 3 is 2.79 bits per heavy atom. The topological polar surface area (TPSA) is 58.6 Å². The number of benzene rings is 1. The summed E-state index contributed by atoms with van der Waals surface area (Å²) < 4.78 is 31.4. The summed E-state index contributed by atoms with van der Waals surface area (Å²) in [6.07, 6.45) is 1.08. The van der Waals surface area contributed by atoms with Gasteiger partial charge in [-0.3, -0.25) is 9.59 Å². The monoisotopic (exact) mass is 340 g/mol. The molecule has 7 heteroatoms. The van der Waals surface area contributed by atoms with Gasteiger partial charge in [0.15, 0.2) is 11.6 Å². The molecule has 2 amide bonds. The highest BCUT2D eigenvalue weighted by molar-refractivity contribution is 5.87. The van der Waals surface area contributed by atoms with E-state index in [1.165, 1.54) is 17.9 Å². The number of carbonyl (C=O) groups excluding carboxylic acids is 2. The molecule has 2 rings (SSSR count). The standard InChI is InChI=1S/C17H22F2N2O3/c1-11(3-4-13-5-6-14(18)15(19)9-13)20-17(23)16-10-24-8-7-21(16)12(2)22/h5-6,9,11,16H,3-4,7-8,10H2,1-2H3,(H,20,23)/t11-,16-/m0/s1. The summed E-state index contributed by atoms with van der Waals surface area (Å²) in [6.45, 7) is 4.27. The van der Waals surface area contributed by atoms with Gasteiger partial charge in [-0.1, -0.05) is 6.07 Å². The summed E-state index contributed by atoms with van der Waals surface area (Å²) in [7, 11) is 0. The fourth-order valence-electron chi connectivity index (χ4n) is 2.69. The number of halogens is 2. The maximum absolute atomic E-state index is 13.2. The molecule has 24 heavy (non-hydrogen) atoms. The zero-order chi connectivity index (χ0) is 17.7. The fourth-order valence-corrected chi connectivity index (χ4v) is 2.69. The van der Waals surface area contributed by atoms with E-state index in [0.717, 1.165) is 12.1 Å². The van der Waals surface area contributed by atoms with E-state index >= 15 is 0 Å². The average molecular weight is 340 g/mol. The lowest BCUT2D eigenvalue weighted by molar-refractivity contribution is -0.147.